The molecule has 7 rings (SSSR count). The van der Waals surface area contributed by atoms with Crippen molar-refractivity contribution >= 4 is 39.7 Å². The second-order valence-electron chi connectivity index (χ2n) is 16.8. The van der Waals surface area contributed by atoms with E-state index >= 15 is 0 Å². The van der Waals surface area contributed by atoms with E-state index in [-0.39, 0.29) is 37.9 Å². The SMILES string of the molecule is O=C1COc2ccc(cc2)C[C@@H](C(=O)N(CCS(=O)(=O)O)C(CO)(CO)CO)NC(=O)[C@H](CCc2ccccc2)NC(=O)[C@@H](Cc2ccc(-c3ccccc3)cc2)NC(=O)[C@H](Cc2ccncc2)N1. The molecule has 0 aliphatic carbocycles. The molecule has 4 aromatic carbocycles. The molecule has 2 aliphatic heterocycles. The van der Waals surface area contributed by atoms with Crippen LogP contribution in [0.4, 0.5) is 0 Å². The summed E-state index contributed by atoms with van der Waals surface area (Å²) in [6.07, 6.45) is 2.96. The predicted molar refractivity (Wildman–Crippen MR) is 254 cm³/mol. The fourth-order valence-corrected chi connectivity index (χ4v) is 8.25. The van der Waals surface area contributed by atoms with Gasteiger partial charge in [-0.1, -0.05) is 97.1 Å². The number of aryl methyl sites for hydroxylation is 1. The molecule has 0 unspecified atom stereocenters. The molecule has 8 N–H and O–H groups in total. The lowest BCUT2D eigenvalue weighted by molar-refractivity contribution is -0.149. The van der Waals surface area contributed by atoms with Crippen LogP contribution in [-0.2, 0) is 59.8 Å². The number of hydrogen-bond acceptors (Lipinski definition) is 12. The van der Waals surface area contributed by atoms with Crippen molar-refractivity contribution in [2.45, 2.75) is 61.8 Å². The highest BCUT2D eigenvalue weighted by Gasteiger charge is 2.42. The Kier molecular flexibility index (Phi) is 18.1. The summed E-state index contributed by atoms with van der Waals surface area (Å²) < 4.78 is 39.4. The smallest absolute Gasteiger partial charge is 0.266 e. The van der Waals surface area contributed by atoms with Gasteiger partial charge in [-0.05, 0) is 70.5 Å². The Morgan fingerprint density at radius 2 is 1.19 bits per heavy atom. The van der Waals surface area contributed by atoms with Crippen molar-refractivity contribution < 1.29 is 57.0 Å². The van der Waals surface area contributed by atoms with E-state index in [0.29, 0.717) is 21.6 Å². The molecule has 5 aromatic rings. The van der Waals surface area contributed by atoms with Crippen LogP contribution in [0.5, 0.6) is 5.75 Å². The minimum atomic E-state index is -4.74. The van der Waals surface area contributed by atoms with Crippen LogP contribution >= 0.6 is 0 Å². The summed E-state index contributed by atoms with van der Waals surface area (Å²) in [4.78, 5) is 76.8. The largest absolute Gasteiger partial charge is 0.484 e. The third kappa shape index (κ3) is 14.7. The zero-order valence-electron chi connectivity index (χ0n) is 37.6. The van der Waals surface area contributed by atoms with Gasteiger partial charge in [-0.15, -0.1) is 0 Å². The number of hydrogen-bond donors (Lipinski definition) is 8. The maximum atomic E-state index is 14.8. The summed E-state index contributed by atoms with van der Waals surface area (Å²) in [5.41, 5.74) is 2.22. The molecule has 0 saturated carbocycles. The average Bonchev–Trinajstić information content (AvgIpc) is 3.36. The van der Waals surface area contributed by atoms with Crippen molar-refractivity contribution in [1.29, 1.82) is 0 Å². The molecule has 1 aromatic heterocycles. The Morgan fingerprint density at radius 3 is 1.78 bits per heavy atom. The van der Waals surface area contributed by atoms with Crippen LogP contribution in [-0.4, -0.2) is 136 Å². The lowest BCUT2D eigenvalue weighted by Gasteiger charge is -2.42. The van der Waals surface area contributed by atoms with Crippen LogP contribution in [0.15, 0.2) is 134 Å². The molecular formula is C50H56N6O12S. The molecule has 364 valence electrons. The van der Waals surface area contributed by atoms with Gasteiger partial charge in [0.05, 0.1) is 25.6 Å². The molecule has 19 heteroatoms. The zero-order valence-corrected chi connectivity index (χ0v) is 38.5. The fraction of sp³-hybridized carbons (Fsp3) is 0.320. The van der Waals surface area contributed by atoms with Gasteiger partial charge in [-0.25, -0.2) is 0 Å². The third-order valence-corrected chi connectivity index (χ3v) is 12.5. The van der Waals surface area contributed by atoms with Crippen LogP contribution in [0, 0.1) is 0 Å². The monoisotopic (exact) mass is 964 g/mol. The average molecular weight is 965 g/mol. The molecule has 0 saturated heterocycles. The van der Waals surface area contributed by atoms with Gasteiger partial charge in [0.1, 0.15) is 35.5 Å². The second-order valence-corrected chi connectivity index (χ2v) is 18.3. The molecule has 2 aliphatic rings. The molecule has 0 spiro atoms. The maximum Gasteiger partial charge on any atom is 0.266 e. The van der Waals surface area contributed by atoms with E-state index in [9.17, 15) is 52.3 Å². The van der Waals surface area contributed by atoms with Gasteiger partial charge >= 0.3 is 0 Å². The number of nitrogens with one attached hydrogen (secondary N) is 4. The summed E-state index contributed by atoms with van der Waals surface area (Å²) in [5.74, 6) is -4.91. The predicted octanol–water partition coefficient (Wildman–Crippen LogP) is 1.17. The van der Waals surface area contributed by atoms with E-state index in [2.05, 4.69) is 26.3 Å². The molecule has 5 amide bonds. The van der Waals surface area contributed by atoms with Crippen molar-refractivity contribution in [2.75, 3.05) is 38.7 Å². The number of rotatable bonds is 16. The molecular weight excluding hydrogens is 909 g/mol. The van der Waals surface area contributed by atoms with Gasteiger partial charge in [0.2, 0.25) is 23.6 Å². The Labute approximate surface area is 399 Å². The lowest BCUT2D eigenvalue weighted by atomic mass is 9.96. The van der Waals surface area contributed by atoms with Gasteiger partial charge in [0.25, 0.3) is 16.0 Å². The van der Waals surface area contributed by atoms with Gasteiger partial charge in [-0.2, -0.15) is 8.42 Å². The summed E-state index contributed by atoms with van der Waals surface area (Å²) in [6, 6.07) is 30.0. The van der Waals surface area contributed by atoms with Crippen molar-refractivity contribution in [3.05, 3.63) is 156 Å². The van der Waals surface area contributed by atoms with Crippen LogP contribution in [0.25, 0.3) is 11.1 Å². The van der Waals surface area contributed by atoms with Crippen LogP contribution in [0.2, 0.25) is 0 Å². The molecule has 3 heterocycles. The quantitative estimate of drug-likeness (QED) is 0.0511. The van der Waals surface area contributed by atoms with E-state index < -0.39 is 108 Å². The van der Waals surface area contributed by atoms with Crippen LogP contribution < -0.4 is 26.0 Å². The maximum absolute atomic E-state index is 14.8. The van der Waals surface area contributed by atoms with Crippen LogP contribution in [0.3, 0.4) is 0 Å². The number of aromatic nitrogens is 1. The van der Waals surface area contributed by atoms with Crippen molar-refractivity contribution in [3.63, 3.8) is 0 Å². The molecule has 0 radical (unpaired) electrons. The first-order valence-electron chi connectivity index (χ1n) is 22.3. The highest BCUT2D eigenvalue weighted by Crippen LogP contribution is 2.22. The van der Waals surface area contributed by atoms with E-state index in [0.717, 1.165) is 16.7 Å². The Hall–Kier alpha value is -7.03. The number of ether oxygens (including phenoxy) is 1. The van der Waals surface area contributed by atoms with Gasteiger partial charge in [-0.3, -0.25) is 33.5 Å². The van der Waals surface area contributed by atoms with E-state index in [1.54, 1.807) is 48.8 Å². The molecule has 2 bridgehead atoms. The highest BCUT2D eigenvalue weighted by molar-refractivity contribution is 7.85. The second kappa shape index (κ2) is 24.3. The van der Waals surface area contributed by atoms with Crippen LogP contribution in [0.1, 0.15) is 28.7 Å². The summed E-state index contributed by atoms with van der Waals surface area (Å²) in [6.45, 7) is -4.47. The number of nitrogens with zero attached hydrogens (tertiary/aromatic N) is 2. The number of carbonyl (C=O) groups excluding carboxylic acids is 5. The Balaban J connectivity index is 1.41. The minimum absolute atomic E-state index is 0.0117. The third-order valence-electron chi connectivity index (χ3n) is 11.8. The van der Waals surface area contributed by atoms with Crippen molar-refractivity contribution in [3.8, 4) is 16.9 Å². The van der Waals surface area contributed by atoms with Crippen molar-refractivity contribution in [1.82, 2.24) is 31.2 Å². The number of pyridine rings is 1. The summed E-state index contributed by atoms with van der Waals surface area (Å²) >= 11 is 0. The molecule has 0 fully saturated rings. The van der Waals surface area contributed by atoms with E-state index in [1.807, 2.05) is 72.8 Å². The highest BCUT2D eigenvalue weighted by atomic mass is 32.2. The molecule has 4 atom stereocenters. The van der Waals surface area contributed by atoms with E-state index in [4.69, 9.17) is 4.74 Å². The number of amides is 5. The Bertz CT molecular complexity index is 2600. The zero-order chi connectivity index (χ0) is 49.4. The minimum Gasteiger partial charge on any atom is -0.484 e. The number of benzene rings is 4. The normalized spacial score (nSPS) is 18.6. The van der Waals surface area contributed by atoms with Gasteiger partial charge in [0.15, 0.2) is 6.61 Å². The molecule has 69 heavy (non-hydrogen) atoms. The van der Waals surface area contributed by atoms with Gasteiger partial charge in [0, 0.05) is 38.2 Å². The first kappa shape index (κ1) is 51.4. The standard InChI is InChI=1S/C50H56N6O12S/c57-31-50(32-58,33-59)56(25-26-69(65,66)67)49(64)44-29-36-13-18-40(19-14-36)68-30-45(60)52-42(28-37-21-23-51-24-22-37)47(62)54-43(27-35-11-16-39(17-12-35)38-9-5-2-6-10-38)48(63)53-41(46(61)55-44)20-15-34-7-3-1-4-8-34/h1-14,16-19,21-24,41-44,57-59H,15,20,25-33H2,(H,52,60)(H,53,63)(H,54,62)(H,55,61)(H,65,66,67)/t41-,42-,43+,44-/m0/s1. The first-order valence-corrected chi connectivity index (χ1v) is 23.9. The molecule has 18 nitrogen and oxygen atoms in total. The van der Waals surface area contributed by atoms with Crippen molar-refractivity contribution in [2.24, 2.45) is 0 Å². The number of aliphatic hydroxyl groups is 3. The van der Waals surface area contributed by atoms with Gasteiger partial charge < -0.3 is 46.2 Å². The topological polar surface area (TPSA) is 274 Å². The van der Waals surface area contributed by atoms with E-state index in [1.165, 1.54) is 12.1 Å². The summed E-state index contributed by atoms with van der Waals surface area (Å²) in [5, 5.41) is 42.3. The fourth-order valence-electron chi connectivity index (χ4n) is 7.84. The lowest BCUT2D eigenvalue weighted by Crippen LogP contribution is -2.65. The first-order chi connectivity index (χ1) is 33.2. The summed E-state index contributed by atoms with van der Waals surface area (Å²) in [7, 11) is -4.74. The number of aliphatic hydroxyl groups excluding tert-OH is 3. The number of carbonyl (C=O) groups is 5. The number of fused-ring (bicyclic) bond motifs is 16. The Morgan fingerprint density at radius 1 is 0.652 bits per heavy atom.